The maximum Gasteiger partial charge on any atom is 0.206 e. The summed E-state index contributed by atoms with van der Waals surface area (Å²) in [6, 6.07) is 8.42. The van der Waals surface area contributed by atoms with E-state index >= 15 is 0 Å². The smallest absolute Gasteiger partial charge is 0.206 e. The van der Waals surface area contributed by atoms with Gasteiger partial charge in [0.2, 0.25) is 16.1 Å². The average molecular weight is 370 g/mol. The monoisotopic (exact) mass is 370 g/mol. The standard InChI is InChI=1S/C18H26O6S/c1-3-4-10-16-17(25(19,20)15-8-6-5-7-9-15)13-18(24-16)23-14-22-12-11-21-2/h5-9,18H,3-4,10-14H2,1-2H3. The van der Waals surface area contributed by atoms with Gasteiger partial charge in [-0.05, 0) is 18.6 Å². The van der Waals surface area contributed by atoms with Crippen LogP contribution in [0.4, 0.5) is 0 Å². The van der Waals surface area contributed by atoms with E-state index in [0.717, 1.165) is 12.8 Å². The molecule has 1 aliphatic heterocycles. The number of rotatable bonds is 11. The topological polar surface area (TPSA) is 71.1 Å². The summed E-state index contributed by atoms with van der Waals surface area (Å²) in [5, 5.41) is 0. The zero-order valence-electron chi connectivity index (χ0n) is 14.8. The second-order valence-corrected chi connectivity index (χ2v) is 7.67. The predicted octanol–water partition coefficient (Wildman–Crippen LogP) is 3.25. The highest BCUT2D eigenvalue weighted by molar-refractivity contribution is 7.95. The summed E-state index contributed by atoms with van der Waals surface area (Å²) in [6.07, 6.45) is 1.96. The van der Waals surface area contributed by atoms with E-state index in [1.807, 2.05) is 0 Å². The fourth-order valence-electron chi connectivity index (χ4n) is 2.49. The molecule has 0 N–H and O–H groups in total. The van der Waals surface area contributed by atoms with Crippen molar-refractivity contribution in [2.75, 3.05) is 27.1 Å². The van der Waals surface area contributed by atoms with Gasteiger partial charge < -0.3 is 18.9 Å². The molecule has 0 amide bonds. The van der Waals surface area contributed by atoms with Crippen LogP contribution in [0.1, 0.15) is 32.6 Å². The Morgan fingerprint density at radius 1 is 1.20 bits per heavy atom. The minimum absolute atomic E-state index is 0.0355. The average Bonchev–Trinajstić information content (AvgIpc) is 3.04. The molecule has 0 bridgehead atoms. The Bertz CT molecular complexity index is 653. The number of methoxy groups -OCH3 is 1. The van der Waals surface area contributed by atoms with Crippen LogP contribution < -0.4 is 0 Å². The van der Waals surface area contributed by atoms with Crippen LogP contribution in [0.3, 0.4) is 0 Å². The number of allylic oxidation sites excluding steroid dienone is 1. The predicted molar refractivity (Wildman–Crippen MR) is 93.4 cm³/mol. The lowest BCUT2D eigenvalue weighted by molar-refractivity contribution is -0.172. The van der Waals surface area contributed by atoms with Crippen LogP contribution >= 0.6 is 0 Å². The third kappa shape index (κ3) is 5.54. The molecule has 0 spiro atoms. The first-order chi connectivity index (χ1) is 12.1. The van der Waals surface area contributed by atoms with E-state index in [1.165, 1.54) is 0 Å². The lowest BCUT2D eigenvalue weighted by Crippen LogP contribution is -2.16. The van der Waals surface area contributed by atoms with E-state index in [1.54, 1.807) is 37.4 Å². The van der Waals surface area contributed by atoms with Crippen LogP contribution in [0.25, 0.3) is 0 Å². The number of benzene rings is 1. The molecule has 1 aromatic carbocycles. The minimum Gasteiger partial charge on any atom is -0.468 e. The van der Waals surface area contributed by atoms with E-state index in [4.69, 9.17) is 18.9 Å². The lowest BCUT2D eigenvalue weighted by atomic mass is 10.2. The van der Waals surface area contributed by atoms with E-state index in [0.29, 0.717) is 30.3 Å². The molecule has 0 aliphatic carbocycles. The van der Waals surface area contributed by atoms with Crippen LogP contribution in [-0.4, -0.2) is 41.8 Å². The summed E-state index contributed by atoms with van der Waals surface area (Å²) >= 11 is 0. The molecule has 0 saturated heterocycles. The van der Waals surface area contributed by atoms with Gasteiger partial charge in [-0.3, -0.25) is 0 Å². The number of sulfone groups is 1. The SMILES string of the molecule is CCCCC1=C(S(=O)(=O)c2ccccc2)CC(OCOCCOC)O1. The second kappa shape index (κ2) is 9.91. The fourth-order valence-corrected chi connectivity index (χ4v) is 4.09. The Kier molecular flexibility index (Phi) is 7.90. The molecular weight excluding hydrogens is 344 g/mol. The Morgan fingerprint density at radius 2 is 1.96 bits per heavy atom. The third-order valence-corrected chi connectivity index (χ3v) is 5.78. The van der Waals surface area contributed by atoms with Crippen molar-refractivity contribution < 1.29 is 27.4 Å². The van der Waals surface area contributed by atoms with Crippen LogP contribution in [0.5, 0.6) is 0 Å². The number of hydrogen-bond donors (Lipinski definition) is 0. The maximum absolute atomic E-state index is 12.9. The summed E-state index contributed by atoms with van der Waals surface area (Å²) in [4.78, 5) is 0.591. The van der Waals surface area contributed by atoms with Crippen LogP contribution in [0.15, 0.2) is 45.9 Å². The Balaban J connectivity index is 2.06. The molecule has 0 saturated carbocycles. The van der Waals surface area contributed by atoms with Crippen molar-refractivity contribution in [1.82, 2.24) is 0 Å². The van der Waals surface area contributed by atoms with Crippen molar-refractivity contribution in [1.29, 1.82) is 0 Å². The Hall–Kier alpha value is -1.41. The fraction of sp³-hybridized carbons (Fsp3) is 0.556. The third-order valence-electron chi connectivity index (χ3n) is 3.84. The molecule has 6 nitrogen and oxygen atoms in total. The van der Waals surface area contributed by atoms with Gasteiger partial charge in [-0.15, -0.1) is 0 Å². The summed E-state index contributed by atoms with van der Waals surface area (Å²) in [6.45, 7) is 2.98. The van der Waals surface area contributed by atoms with E-state index in [-0.39, 0.29) is 18.1 Å². The van der Waals surface area contributed by atoms with E-state index in [2.05, 4.69) is 6.92 Å². The quantitative estimate of drug-likeness (QED) is 0.440. The van der Waals surface area contributed by atoms with Crippen molar-refractivity contribution in [2.45, 2.75) is 43.8 Å². The van der Waals surface area contributed by atoms with Crippen molar-refractivity contribution in [3.8, 4) is 0 Å². The van der Waals surface area contributed by atoms with Crippen LogP contribution in [-0.2, 0) is 28.8 Å². The molecule has 2 rings (SSSR count). The second-order valence-electron chi connectivity index (χ2n) is 5.70. The van der Waals surface area contributed by atoms with Crippen molar-refractivity contribution in [3.05, 3.63) is 41.0 Å². The zero-order valence-corrected chi connectivity index (χ0v) is 15.6. The molecule has 1 atom stereocenters. The molecule has 1 unspecified atom stereocenters. The van der Waals surface area contributed by atoms with Crippen molar-refractivity contribution >= 4 is 9.84 Å². The molecule has 140 valence electrons. The summed E-state index contributed by atoms with van der Waals surface area (Å²) in [5.41, 5.74) is 0. The molecule has 7 heteroatoms. The van der Waals surface area contributed by atoms with Crippen LogP contribution in [0, 0.1) is 0 Å². The van der Waals surface area contributed by atoms with Gasteiger partial charge >= 0.3 is 0 Å². The Morgan fingerprint density at radius 3 is 2.64 bits per heavy atom. The maximum atomic E-state index is 12.9. The highest BCUT2D eigenvalue weighted by Gasteiger charge is 2.35. The molecular formula is C18H26O6S. The van der Waals surface area contributed by atoms with Gasteiger partial charge in [-0.1, -0.05) is 31.5 Å². The van der Waals surface area contributed by atoms with E-state index in [9.17, 15) is 8.42 Å². The molecule has 25 heavy (non-hydrogen) atoms. The summed E-state index contributed by atoms with van der Waals surface area (Å²) < 4.78 is 47.3. The number of ether oxygens (including phenoxy) is 4. The first kappa shape index (κ1) is 19.9. The van der Waals surface area contributed by atoms with E-state index < -0.39 is 16.1 Å². The van der Waals surface area contributed by atoms with Gasteiger partial charge in [-0.25, -0.2) is 8.42 Å². The molecule has 0 fully saturated rings. The normalized spacial score (nSPS) is 17.8. The van der Waals surface area contributed by atoms with Gasteiger partial charge in [0.25, 0.3) is 0 Å². The largest absolute Gasteiger partial charge is 0.468 e. The van der Waals surface area contributed by atoms with Gasteiger partial charge in [0.1, 0.15) is 5.76 Å². The van der Waals surface area contributed by atoms with Gasteiger partial charge in [0.05, 0.1) is 23.0 Å². The zero-order chi connectivity index (χ0) is 18.1. The Labute approximate surface area is 149 Å². The van der Waals surface area contributed by atoms with Gasteiger partial charge in [0, 0.05) is 20.0 Å². The van der Waals surface area contributed by atoms with Crippen molar-refractivity contribution in [3.63, 3.8) is 0 Å². The highest BCUT2D eigenvalue weighted by Crippen LogP contribution is 2.35. The minimum atomic E-state index is -3.58. The van der Waals surface area contributed by atoms with Crippen molar-refractivity contribution in [2.24, 2.45) is 0 Å². The molecule has 1 aromatic rings. The molecule has 0 radical (unpaired) electrons. The van der Waals surface area contributed by atoms with Gasteiger partial charge in [0.15, 0.2) is 6.79 Å². The first-order valence-corrected chi connectivity index (χ1v) is 9.95. The van der Waals surface area contributed by atoms with Crippen LogP contribution in [0.2, 0.25) is 0 Å². The number of hydrogen-bond acceptors (Lipinski definition) is 6. The first-order valence-electron chi connectivity index (χ1n) is 8.46. The molecule has 1 heterocycles. The summed E-state index contributed by atoms with van der Waals surface area (Å²) in [7, 11) is -1.98. The molecule has 1 aliphatic rings. The van der Waals surface area contributed by atoms with Gasteiger partial charge in [-0.2, -0.15) is 0 Å². The molecule has 0 aromatic heterocycles. The lowest BCUT2D eigenvalue weighted by Gasteiger charge is -2.13. The summed E-state index contributed by atoms with van der Waals surface area (Å²) in [5.74, 6) is 0.507. The highest BCUT2D eigenvalue weighted by atomic mass is 32.2. The number of unbranched alkanes of at least 4 members (excludes halogenated alkanes) is 1.